The predicted octanol–water partition coefficient (Wildman–Crippen LogP) is 6.85. The van der Waals surface area contributed by atoms with E-state index < -0.39 is 0 Å². The molecule has 0 unspecified atom stereocenters. The van der Waals surface area contributed by atoms with Gasteiger partial charge >= 0.3 is 0 Å². The molecule has 0 saturated carbocycles. The van der Waals surface area contributed by atoms with Gasteiger partial charge in [0.15, 0.2) is 0 Å². The minimum atomic E-state index is -0.250. The molecule has 1 amide bonds. The number of aromatic hydroxyl groups is 1. The normalized spacial score (nSPS) is 15.5. The molecule has 1 aromatic carbocycles. The van der Waals surface area contributed by atoms with Crippen LogP contribution in [0.1, 0.15) is 97.8 Å². The number of nitrogens with zero attached hydrogens (tertiary/aromatic N) is 4. The number of carbonyl (C=O) groups excluding carboxylic acids is 2. The van der Waals surface area contributed by atoms with Crippen molar-refractivity contribution in [3.63, 3.8) is 0 Å². The zero-order chi connectivity index (χ0) is 33.7. The summed E-state index contributed by atoms with van der Waals surface area (Å²) in [6, 6.07) is 4.12. The Morgan fingerprint density at radius 3 is 2.05 bits per heavy atom. The quantitative estimate of drug-likeness (QED) is 0.111. The van der Waals surface area contributed by atoms with Gasteiger partial charge in [0.25, 0.3) is 0 Å². The molecule has 44 heavy (non-hydrogen) atoms. The van der Waals surface area contributed by atoms with Crippen molar-refractivity contribution in [2.24, 2.45) is 16.0 Å². The number of likely N-dealkylation sites (tertiary alicyclic amines) is 1. The van der Waals surface area contributed by atoms with E-state index in [1.807, 2.05) is 31.2 Å². The zero-order valence-electron chi connectivity index (χ0n) is 28.5. The lowest BCUT2D eigenvalue weighted by Gasteiger charge is -2.32. The van der Waals surface area contributed by atoms with Crippen molar-refractivity contribution in [3.05, 3.63) is 33.7 Å². The summed E-state index contributed by atoms with van der Waals surface area (Å²) in [5.74, 6) is 0.986. The maximum atomic E-state index is 13.0. The second-order valence-corrected chi connectivity index (χ2v) is 14.1. The SMILES string of the molecule is CC/C(CC=O)=N\N(CC)CC(=O)N1CCC(C=N/C(=C(/CCl)SC)c2cc(C(C)(C)C)c(O)c(C(C)(C)C)c2)CC1.CO. The minimum Gasteiger partial charge on any atom is -0.507 e. The summed E-state index contributed by atoms with van der Waals surface area (Å²) in [7, 11) is 1.00. The van der Waals surface area contributed by atoms with E-state index in [9.17, 15) is 14.7 Å². The van der Waals surface area contributed by atoms with E-state index in [-0.39, 0.29) is 29.2 Å². The number of alkyl halides is 1. The number of halogens is 1. The molecule has 0 bridgehead atoms. The molecule has 1 aromatic rings. The summed E-state index contributed by atoms with van der Waals surface area (Å²) >= 11 is 8.01. The number of hydrogen-bond acceptors (Lipinski definition) is 8. The van der Waals surface area contributed by atoms with Gasteiger partial charge in [-0.25, -0.2) is 0 Å². The first-order valence-corrected chi connectivity index (χ1v) is 17.2. The minimum absolute atomic E-state index is 0.0541. The number of piperidine rings is 1. The molecule has 1 fully saturated rings. The molecule has 2 rings (SSSR count). The zero-order valence-corrected chi connectivity index (χ0v) is 30.1. The number of hydrazone groups is 1. The Balaban J connectivity index is 0.00000474. The number of phenols is 1. The second-order valence-electron chi connectivity index (χ2n) is 12.9. The first-order chi connectivity index (χ1) is 20.7. The van der Waals surface area contributed by atoms with E-state index in [2.05, 4.69) is 58.8 Å². The van der Waals surface area contributed by atoms with Gasteiger partial charge in [-0.15, -0.1) is 23.4 Å². The number of likely N-dealkylation sites (N-methyl/N-ethyl adjacent to an activating group) is 1. The number of aliphatic imine (C=N–C) groups is 1. The summed E-state index contributed by atoms with van der Waals surface area (Å²) in [6.07, 6.45) is 7.53. The van der Waals surface area contributed by atoms with Crippen LogP contribution in [0.4, 0.5) is 0 Å². The standard InChI is InChI=1S/C33H51ClN4O3S.CH4O/c1-10-25(14-17-39)36-38(11-2)22-29(40)37-15-12-23(13-16-37)21-35-30(28(20-34)42-9)24-18-26(32(3,4)5)31(41)27(19-24)33(6,7)8;1-2/h17-19,21,23,41H,10-16,20,22H2,1-9H3;2H,1H3/b30-28-,35-21?,36-25+;. The van der Waals surface area contributed by atoms with Crippen molar-refractivity contribution >= 4 is 53.2 Å². The lowest BCUT2D eigenvalue weighted by Crippen LogP contribution is -2.43. The molecule has 248 valence electrons. The highest BCUT2D eigenvalue weighted by atomic mass is 35.5. The number of amides is 1. The molecule has 0 aromatic heterocycles. The van der Waals surface area contributed by atoms with Crippen molar-refractivity contribution in [2.75, 3.05) is 45.4 Å². The van der Waals surface area contributed by atoms with Gasteiger partial charge in [0.05, 0.1) is 11.6 Å². The van der Waals surface area contributed by atoms with Gasteiger partial charge in [-0.05, 0) is 61.3 Å². The van der Waals surface area contributed by atoms with Gasteiger partial charge in [-0.2, -0.15) is 5.10 Å². The van der Waals surface area contributed by atoms with E-state index in [0.717, 1.165) is 59.2 Å². The molecule has 8 nitrogen and oxygen atoms in total. The number of phenolic OH excluding ortho intramolecular Hbond substituents is 1. The fraction of sp³-hybridized carbons (Fsp3) is 0.647. The Bertz CT molecular complexity index is 1140. The number of benzene rings is 1. The summed E-state index contributed by atoms with van der Waals surface area (Å²) < 4.78 is 0. The number of aldehydes is 1. The van der Waals surface area contributed by atoms with Gasteiger partial charge in [0.1, 0.15) is 18.6 Å². The number of thioether (sulfide) groups is 1. The molecular weight excluding hydrogens is 596 g/mol. The highest BCUT2D eigenvalue weighted by Gasteiger charge is 2.28. The van der Waals surface area contributed by atoms with Crippen LogP contribution in [0, 0.1) is 5.92 Å². The van der Waals surface area contributed by atoms with E-state index in [4.69, 9.17) is 21.7 Å². The average Bonchev–Trinajstić information content (AvgIpc) is 2.98. The third kappa shape index (κ3) is 11.5. The number of carbonyl (C=O) groups is 2. The van der Waals surface area contributed by atoms with Crippen LogP contribution in [0.2, 0.25) is 0 Å². The summed E-state index contributed by atoms with van der Waals surface area (Å²) in [4.78, 5) is 31.9. The van der Waals surface area contributed by atoms with E-state index in [1.165, 1.54) is 0 Å². The van der Waals surface area contributed by atoms with Gasteiger partial charge in [-0.3, -0.25) is 14.8 Å². The Morgan fingerprint density at radius 1 is 1.09 bits per heavy atom. The molecule has 2 N–H and O–H groups in total. The van der Waals surface area contributed by atoms with Crippen molar-refractivity contribution in [3.8, 4) is 5.75 Å². The molecule has 1 aliphatic rings. The first kappa shape index (κ1) is 39.7. The van der Waals surface area contributed by atoms with Crippen molar-refractivity contribution in [2.45, 2.75) is 91.9 Å². The summed E-state index contributed by atoms with van der Waals surface area (Å²) in [5.41, 5.74) is 3.87. The third-order valence-electron chi connectivity index (χ3n) is 7.63. The molecule has 0 spiro atoms. The molecule has 1 heterocycles. The van der Waals surface area contributed by atoms with Crippen molar-refractivity contribution in [1.82, 2.24) is 9.91 Å². The number of aliphatic hydroxyl groups is 1. The van der Waals surface area contributed by atoms with Crippen LogP contribution < -0.4 is 0 Å². The third-order valence-corrected chi connectivity index (χ3v) is 8.89. The Labute approximate surface area is 275 Å². The molecule has 0 atom stereocenters. The van der Waals surface area contributed by atoms with Gasteiger partial charge in [-0.1, -0.05) is 48.5 Å². The molecule has 0 aliphatic carbocycles. The lowest BCUT2D eigenvalue weighted by atomic mass is 9.78. The highest BCUT2D eigenvalue weighted by molar-refractivity contribution is 8.02. The van der Waals surface area contributed by atoms with Crippen LogP contribution in [0.15, 0.2) is 27.1 Å². The van der Waals surface area contributed by atoms with E-state index in [1.54, 1.807) is 16.8 Å². The van der Waals surface area contributed by atoms with Crippen LogP contribution in [0.5, 0.6) is 5.75 Å². The highest BCUT2D eigenvalue weighted by Crippen LogP contribution is 2.42. The van der Waals surface area contributed by atoms with Gasteiger partial charge in [0, 0.05) is 66.7 Å². The second kappa shape index (κ2) is 18.6. The molecule has 10 heteroatoms. The van der Waals surface area contributed by atoms with Crippen LogP contribution in [0.25, 0.3) is 5.70 Å². The first-order valence-electron chi connectivity index (χ1n) is 15.4. The topological polar surface area (TPSA) is 106 Å². The number of rotatable bonds is 12. The fourth-order valence-corrected chi connectivity index (χ4v) is 5.87. The predicted molar refractivity (Wildman–Crippen MR) is 188 cm³/mol. The molecular formula is C34H55ClN4O4S. The Hall–Kier alpha value is -2.36. The van der Waals surface area contributed by atoms with E-state index in [0.29, 0.717) is 44.1 Å². The van der Waals surface area contributed by atoms with Crippen LogP contribution >= 0.6 is 23.4 Å². The molecule has 1 saturated heterocycles. The summed E-state index contributed by atoms with van der Waals surface area (Å²) in [6.45, 7) is 18.7. The van der Waals surface area contributed by atoms with Crippen LogP contribution in [0.3, 0.4) is 0 Å². The summed E-state index contributed by atoms with van der Waals surface area (Å²) in [5, 5.41) is 24.5. The molecule has 1 aliphatic heterocycles. The Kier molecular flexibility index (Phi) is 16.7. The molecule has 0 radical (unpaired) electrons. The smallest absolute Gasteiger partial charge is 0.243 e. The van der Waals surface area contributed by atoms with Gasteiger partial charge in [0.2, 0.25) is 5.91 Å². The monoisotopic (exact) mass is 650 g/mol. The van der Waals surface area contributed by atoms with Gasteiger partial charge < -0.3 is 19.9 Å². The number of allylic oxidation sites excluding steroid dienone is 1. The van der Waals surface area contributed by atoms with Crippen LogP contribution in [-0.2, 0) is 20.4 Å². The van der Waals surface area contributed by atoms with Crippen molar-refractivity contribution in [1.29, 1.82) is 0 Å². The number of hydrogen-bond donors (Lipinski definition) is 2. The maximum Gasteiger partial charge on any atom is 0.243 e. The largest absolute Gasteiger partial charge is 0.507 e. The fourth-order valence-electron chi connectivity index (χ4n) is 4.94. The van der Waals surface area contributed by atoms with E-state index >= 15 is 0 Å². The number of aliphatic hydroxyl groups excluding tert-OH is 1. The maximum absolute atomic E-state index is 13.0. The lowest BCUT2D eigenvalue weighted by molar-refractivity contribution is -0.133. The van der Waals surface area contributed by atoms with Crippen molar-refractivity contribution < 1.29 is 19.8 Å². The average molecular weight is 651 g/mol. The van der Waals surface area contributed by atoms with Crippen LogP contribution in [-0.4, -0.2) is 89.7 Å². The Morgan fingerprint density at radius 2 is 1.64 bits per heavy atom.